The summed E-state index contributed by atoms with van der Waals surface area (Å²) in [6.45, 7) is 13.7. The van der Waals surface area contributed by atoms with Gasteiger partial charge in [-0.1, -0.05) is 26.8 Å². The maximum Gasteiger partial charge on any atom is 0.0330 e. The molecule has 0 fully saturated rings. The highest BCUT2D eigenvalue weighted by atomic mass is 32.1. The van der Waals surface area contributed by atoms with Gasteiger partial charge in [0.2, 0.25) is 0 Å². The highest BCUT2D eigenvalue weighted by Gasteiger charge is 2.23. The zero-order valence-corrected chi connectivity index (χ0v) is 14.2. The minimum atomic E-state index is 0.320. The van der Waals surface area contributed by atoms with Gasteiger partial charge in [0.15, 0.2) is 0 Å². The Labute approximate surface area is 123 Å². The van der Waals surface area contributed by atoms with Crippen LogP contribution in [0.1, 0.15) is 45.9 Å². The van der Waals surface area contributed by atoms with E-state index in [1.54, 1.807) is 0 Å². The molecule has 0 saturated carbocycles. The molecule has 0 aliphatic carbocycles. The number of nitrogens with zero attached hydrogens (tertiary/aromatic N) is 1. The molecule has 1 rings (SSSR count). The van der Waals surface area contributed by atoms with Gasteiger partial charge in [-0.05, 0) is 44.2 Å². The molecule has 1 aromatic rings. The molecule has 1 atom stereocenters. The van der Waals surface area contributed by atoms with Crippen LogP contribution in [0.5, 0.6) is 0 Å². The number of nitrogens with one attached hydrogen (secondary N) is 1. The van der Waals surface area contributed by atoms with Crippen molar-refractivity contribution in [3.63, 3.8) is 0 Å². The maximum atomic E-state index is 3.47. The van der Waals surface area contributed by atoms with Crippen LogP contribution in [-0.4, -0.2) is 30.6 Å². The SMILES string of the molecule is CNC(CCN(Cc1cccs1)C(C)C)C(C)(C)C. The predicted octanol–water partition coefficient (Wildman–Crippen LogP) is 3.98. The van der Waals surface area contributed by atoms with Gasteiger partial charge in [-0.3, -0.25) is 4.90 Å². The summed E-state index contributed by atoms with van der Waals surface area (Å²) >= 11 is 1.86. The lowest BCUT2D eigenvalue weighted by molar-refractivity contribution is 0.177. The zero-order valence-electron chi connectivity index (χ0n) is 13.4. The van der Waals surface area contributed by atoms with Gasteiger partial charge in [0.1, 0.15) is 0 Å². The molecule has 0 amide bonds. The minimum absolute atomic E-state index is 0.320. The van der Waals surface area contributed by atoms with E-state index in [1.165, 1.54) is 11.3 Å². The molecular formula is C16H30N2S. The molecule has 1 aromatic heterocycles. The van der Waals surface area contributed by atoms with Gasteiger partial charge in [0.25, 0.3) is 0 Å². The van der Waals surface area contributed by atoms with Crippen LogP contribution in [0.15, 0.2) is 17.5 Å². The van der Waals surface area contributed by atoms with E-state index in [0.717, 1.165) is 13.1 Å². The summed E-state index contributed by atoms with van der Waals surface area (Å²) in [7, 11) is 2.08. The number of hydrogen-bond acceptors (Lipinski definition) is 3. The monoisotopic (exact) mass is 282 g/mol. The standard InChI is InChI=1S/C16H30N2S/c1-13(2)18(12-14-8-7-11-19-14)10-9-15(17-6)16(3,4)5/h7-8,11,13,15,17H,9-10,12H2,1-6H3. The van der Waals surface area contributed by atoms with Crippen molar-refractivity contribution in [2.75, 3.05) is 13.6 Å². The molecule has 1 N–H and O–H groups in total. The second kappa shape index (κ2) is 7.41. The largest absolute Gasteiger partial charge is 0.316 e. The third-order valence-electron chi connectivity index (χ3n) is 3.77. The Morgan fingerprint density at radius 3 is 2.42 bits per heavy atom. The maximum absolute atomic E-state index is 3.47. The Bertz CT molecular complexity index is 338. The molecule has 0 radical (unpaired) electrons. The van der Waals surface area contributed by atoms with Crippen LogP contribution < -0.4 is 5.32 Å². The molecule has 0 aromatic carbocycles. The topological polar surface area (TPSA) is 15.3 Å². The quantitative estimate of drug-likeness (QED) is 0.813. The lowest BCUT2D eigenvalue weighted by atomic mass is 9.85. The van der Waals surface area contributed by atoms with E-state index in [2.05, 4.69) is 69.4 Å². The average Bonchev–Trinajstić information content (AvgIpc) is 2.79. The van der Waals surface area contributed by atoms with Crippen molar-refractivity contribution in [2.45, 2.75) is 59.7 Å². The smallest absolute Gasteiger partial charge is 0.0330 e. The Balaban J connectivity index is 2.54. The molecule has 0 spiro atoms. The van der Waals surface area contributed by atoms with Gasteiger partial charge in [-0.25, -0.2) is 0 Å². The third kappa shape index (κ3) is 5.64. The first-order valence-electron chi connectivity index (χ1n) is 7.28. The lowest BCUT2D eigenvalue weighted by Crippen LogP contribution is -2.42. The normalized spacial score (nSPS) is 14.3. The van der Waals surface area contributed by atoms with Gasteiger partial charge >= 0.3 is 0 Å². The average molecular weight is 282 g/mol. The van der Waals surface area contributed by atoms with Gasteiger partial charge < -0.3 is 5.32 Å². The highest BCUT2D eigenvalue weighted by Crippen LogP contribution is 2.23. The van der Waals surface area contributed by atoms with Crippen molar-refractivity contribution < 1.29 is 0 Å². The molecule has 3 heteroatoms. The van der Waals surface area contributed by atoms with Crippen LogP contribution in [0, 0.1) is 5.41 Å². The van der Waals surface area contributed by atoms with Crippen molar-refractivity contribution >= 4 is 11.3 Å². The van der Waals surface area contributed by atoms with Crippen LogP contribution in [-0.2, 0) is 6.54 Å². The van der Waals surface area contributed by atoms with Crippen molar-refractivity contribution in [2.24, 2.45) is 5.41 Å². The second-order valence-electron chi connectivity index (χ2n) is 6.64. The molecule has 1 heterocycles. The first kappa shape index (κ1) is 16.7. The molecule has 0 aliphatic rings. The van der Waals surface area contributed by atoms with Gasteiger partial charge in [0, 0.05) is 30.1 Å². The van der Waals surface area contributed by atoms with E-state index in [4.69, 9.17) is 0 Å². The minimum Gasteiger partial charge on any atom is -0.316 e. The Morgan fingerprint density at radius 1 is 1.32 bits per heavy atom. The summed E-state index contributed by atoms with van der Waals surface area (Å²) < 4.78 is 0. The van der Waals surface area contributed by atoms with Gasteiger partial charge in [-0.15, -0.1) is 11.3 Å². The summed E-state index contributed by atoms with van der Waals surface area (Å²) in [4.78, 5) is 4.03. The molecule has 1 unspecified atom stereocenters. The molecule has 19 heavy (non-hydrogen) atoms. The predicted molar refractivity (Wildman–Crippen MR) is 86.8 cm³/mol. The van der Waals surface area contributed by atoms with Gasteiger partial charge in [-0.2, -0.15) is 0 Å². The van der Waals surface area contributed by atoms with E-state index in [9.17, 15) is 0 Å². The first-order chi connectivity index (χ1) is 8.84. The fourth-order valence-electron chi connectivity index (χ4n) is 2.43. The van der Waals surface area contributed by atoms with E-state index < -0.39 is 0 Å². The van der Waals surface area contributed by atoms with E-state index in [0.29, 0.717) is 17.5 Å². The highest BCUT2D eigenvalue weighted by molar-refractivity contribution is 7.09. The number of thiophene rings is 1. The van der Waals surface area contributed by atoms with E-state index in [-0.39, 0.29) is 0 Å². The Hall–Kier alpha value is -0.380. The van der Waals surface area contributed by atoms with Crippen LogP contribution in [0.4, 0.5) is 0 Å². The molecule has 2 nitrogen and oxygen atoms in total. The fourth-order valence-corrected chi connectivity index (χ4v) is 3.16. The van der Waals surface area contributed by atoms with Crippen LogP contribution in [0.2, 0.25) is 0 Å². The van der Waals surface area contributed by atoms with Crippen molar-refractivity contribution in [1.82, 2.24) is 10.2 Å². The molecule has 0 saturated heterocycles. The number of rotatable bonds is 7. The van der Waals surface area contributed by atoms with Crippen LogP contribution in [0.25, 0.3) is 0 Å². The van der Waals surface area contributed by atoms with E-state index >= 15 is 0 Å². The molecular weight excluding hydrogens is 252 g/mol. The fraction of sp³-hybridized carbons (Fsp3) is 0.750. The van der Waals surface area contributed by atoms with Gasteiger partial charge in [0.05, 0.1) is 0 Å². The Kier molecular flexibility index (Phi) is 6.51. The summed E-state index contributed by atoms with van der Waals surface area (Å²) in [6, 6.07) is 5.54. The van der Waals surface area contributed by atoms with Crippen LogP contribution in [0.3, 0.4) is 0 Å². The first-order valence-corrected chi connectivity index (χ1v) is 8.16. The molecule has 110 valence electrons. The summed E-state index contributed by atoms with van der Waals surface area (Å²) in [5.41, 5.74) is 0.320. The van der Waals surface area contributed by atoms with Crippen molar-refractivity contribution in [1.29, 1.82) is 0 Å². The number of hydrogen-bond donors (Lipinski definition) is 1. The zero-order chi connectivity index (χ0) is 14.5. The van der Waals surface area contributed by atoms with Crippen molar-refractivity contribution in [3.05, 3.63) is 22.4 Å². The lowest BCUT2D eigenvalue weighted by Gasteiger charge is -2.34. The van der Waals surface area contributed by atoms with Crippen molar-refractivity contribution in [3.8, 4) is 0 Å². The third-order valence-corrected chi connectivity index (χ3v) is 4.63. The summed E-state index contributed by atoms with van der Waals surface area (Å²) in [5, 5.41) is 5.64. The Morgan fingerprint density at radius 2 is 2.00 bits per heavy atom. The molecule has 0 aliphatic heterocycles. The molecule has 0 bridgehead atoms. The summed E-state index contributed by atoms with van der Waals surface area (Å²) in [6.07, 6.45) is 1.20. The second-order valence-corrected chi connectivity index (χ2v) is 7.67. The van der Waals surface area contributed by atoms with E-state index in [1.807, 2.05) is 11.3 Å². The summed E-state index contributed by atoms with van der Waals surface area (Å²) in [5.74, 6) is 0. The van der Waals surface area contributed by atoms with Crippen LogP contribution >= 0.6 is 11.3 Å².